The molecule has 1 atom stereocenters. The van der Waals surface area contributed by atoms with Crippen molar-refractivity contribution in [3.05, 3.63) is 0 Å². The van der Waals surface area contributed by atoms with Crippen molar-refractivity contribution in [2.75, 3.05) is 26.4 Å². The Kier molecular flexibility index (Phi) is 4.78. The van der Waals surface area contributed by atoms with E-state index in [4.69, 9.17) is 4.74 Å². The van der Waals surface area contributed by atoms with Crippen molar-refractivity contribution in [2.24, 2.45) is 5.41 Å². The fourth-order valence-corrected chi connectivity index (χ4v) is 3.00. The minimum atomic E-state index is -0.935. The van der Waals surface area contributed by atoms with Gasteiger partial charge in [0, 0.05) is 19.8 Å². The normalized spacial score (nSPS) is 27.4. The summed E-state index contributed by atoms with van der Waals surface area (Å²) in [6, 6.07) is 2.10. The number of rotatable bonds is 2. The van der Waals surface area contributed by atoms with Crippen LogP contribution in [0.2, 0.25) is 0 Å². The lowest BCUT2D eigenvalue weighted by Crippen LogP contribution is -2.51. The number of likely N-dealkylation sites (tertiary alicyclic amines) is 1. The topological polar surface area (TPSA) is 73.6 Å². The third kappa shape index (κ3) is 2.90. The Balaban J connectivity index is 2.17. The van der Waals surface area contributed by atoms with E-state index >= 15 is 0 Å². The maximum Gasteiger partial charge on any atom is 0.243 e. The molecule has 0 bridgehead atoms. The van der Waals surface area contributed by atoms with Gasteiger partial charge in [-0.15, -0.1) is 0 Å². The molecule has 5 heteroatoms. The summed E-state index contributed by atoms with van der Waals surface area (Å²) in [5.41, 5.74) is -0.935. The number of nitrogens with zero attached hydrogens (tertiary/aromatic N) is 2. The van der Waals surface area contributed by atoms with Crippen LogP contribution in [0.5, 0.6) is 0 Å². The number of aliphatic hydroxyl groups is 1. The first kappa shape index (κ1) is 14.3. The van der Waals surface area contributed by atoms with E-state index < -0.39 is 5.41 Å². The fourth-order valence-electron chi connectivity index (χ4n) is 3.00. The van der Waals surface area contributed by atoms with Gasteiger partial charge in [0.1, 0.15) is 5.41 Å². The fraction of sp³-hybridized carbons (Fsp3) is 0.857. The first-order valence-corrected chi connectivity index (χ1v) is 7.14. The Bertz CT molecular complexity index is 358. The van der Waals surface area contributed by atoms with Crippen molar-refractivity contribution < 1.29 is 14.6 Å². The molecule has 0 aliphatic carbocycles. The van der Waals surface area contributed by atoms with Gasteiger partial charge in [-0.05, 0) is 25.7 Å². The first-order valence-electron chi connectivity index (χ1n) is 7.14. The zero-order valence-corrected chi connectivity index (χ0v) is 11.3. The summed E-state index contributed by atoms with van der Waals surface area (Å²) in [7, 11) is 0. The summed E-state index contributed by atoms with van der Waals surface area (Å²) in [4.78, 5) is 14.5. The number of aliphatic hydroxyl groups excluding tert-OH is 1. The highest BCUT2D eigenvalue weighted by Crippen LogP contribution is 2.34. The molecule has 2 heterocycles. The smallest absolute Gasteiger partial charge is 0.243 e. The van der Waals surface area contributed by atoms with Crippen LogP contribution in [0, 0.1) is 16.7 Å². The van der Waals surface area contributed by atoms with Crippen LogP contribution in [0.3, 0.4) is 0 Å². The van der Waals surface area contributed by atoms with E-state index in [9.17, 15) is 15.2 Å². The Morgan fingerprint density at radius 1 is 1.37 bits per heavy atom. The van der Waals surface area contributed by atoms with Crippen molar-refractivity contribution in [2.45, 2.75) is 44.6 Å². The van der Waals surface area contributed by atoms with Crippen LogP contribution < -0.4 is 0 Å². The van der Waals surface area contributed by atoms with Crippen molar-refractivity contribution >= 4 is 5.91 Å². The molecule has 1 amide bonds. The molecular weight excluding hydrogens is 244 g/mol. The lowest BCUT2D eigenvalue weighted by atomic mass is 9.80. The summed E-state index contributed by atoms with van der Waals surface area (Å²) < 4.78 is 5.27. The second kappa shape index (κ2) is 6.36. The van der Waals surface area contributed by atoms with E-state index in [2.05, 4.69) is 6.07 Å². The average Bonchev–Trinajstić information content (AvgIpc) is 2.72. The predicted molar refractivity (Wildman–Crippen MR) is 69.2 cm³/mol. The SMILES string of the molecule is N#CC1(C(=O)N2CCCCCC2CO)CCOCC1. The number of hydrogen-bond donors (Lipinski definition) is 1. The van der Waals surface area contributed by atoms with Gasteiger partial charge < -0.3 is 14.7 Å². The van der Waals surface area contributed by atoms with Crippen molar-refractivity contribution in [1.29, 1.82) is 5.26 Å². The van der Waals surface area contributed by atoms with Crippen LogP contribution in [0.25, 0.3) is 0 Å². The molecule has 2 fully saturated rings. The maximum atomic E-state index is 12.8. The van der Waals surface area contributed by atoms with Crippen molar-refractivity contribution in [1.82, 2.24) is 4.90 Å². The first-order chi connectivity index (χ1) is 9.23. The third-order valence-corrected chi connectivity index (χ3v) is 4.32. The van der Waals surface area contributed by atoms with Gasteiger partial charge in [0.2, 0.25) is 5.91 Å². The van der Waals surface area contributed by atoms with Crippen LogP contribution in [-0.2, 0) is 9.53 Å². The molecule has 5 nitrogen and oxygen atoms in total. The lowest BCUT2D eigenvalue weighted by molar-refractivity contribution is -0.146. The minimum Gasteiger partial charge on any atom is -0.394 e. The molecule has 0 aromatic heterocycles. The number of amides is 1. The zero-order chi connectivity index (χ0) is 13.7. The lowest BCUT2D eigenvalue weighted by Gasteiger charge is -2.37. The number of nitriles is 1. The van der Waals surface area contributed by atoms with Gasteiger partial charge in [-0.1, -0.05) is 12.8 Å². The summed E-state index contributed by atoms with van der Waals surface area (Å²) in [5.74, 6) is -0.0979. The van der Waals surface area contributed by atoms with Gasteiger partial charge in [-0.3, -0.25) is 4.79 Å². The Morgan fingerprint density at radius 2 is 2.11 bits per heavy atom. The molecule has 0 saturated carbocycles. The van der Waals surface area contributed by atoms with E-state index in [-0.39, 0.29) is 18.6 Å². The molecule has 106 valence electrons. The Hall–Kier alpha value is -1.12. The second-order valence-electron chi connectivity index (χ2n) is 5.49. The highest BCUT2D eigenvalue weighted by atomic mass is 16.5. The molecule has 0 radical (unpaired) electrons. The number of ether oxygens (including phenoxy) is 1. The van der Waals surface area contributed by atoms with Crippen LogP contribution in [0.1, 0.15) is 38.5 Å². The highest BCUT2D eigenvalue weighted by molar-refractivity contribution is 5.86. The van der Waals surface area contributed by atoms with Crippen LogP contribution >= 0.6 is 0 Å². The van der Waals surface area contributed by atoms with E-state index in [1.54, 1.807) is 4.90 Å². The van der Waals surface area contributed by atoms with Crippen LogP contribution in [-0.4, -0.2) is 48.3 Å². The molecular formula is C14H22N2O3. The van der Waals surface area contributed by atoms with Gasteiger partial charge in [-0.25, -0.2) is 0 Å². The summed E-state index contributed by atoms with van der Waals surface area (Å²) in [6.07, 6.45) is 4.86. The summed E-state index contributed by atoms with van der Waals surface area (Å²) in [5, 5.41) is 18.9. The second-order valence-corrected chi connectivity index (χ2v) is 5.49. The van der Waals surface area contributed by atoms with Crippen molar-refractivity contribution in [3.8, 4) is 6.07 Å². The van der Waals surface area contributed by atoms with Gasteiger partial charge in [0.15, 0.2) is 0 Å². The van der Waals surface area contributed by atoms with E-state index in [0.29, 0.717) is 32.6 Å². The minimum absolute atomic E-state index is 0.0102. The van der Waals surface area contributed by atoms with Gasteiger partial charge in [0.25, 0.3) is 0 Å². The number of carbonyl (C=O) groups excluding carboxylic acids is 1. The van der Waals surface area contributed by atoms with E-state index in [0.717, 1.165) is 25.7 Å². The molecule has 19 heavy (non-hydrogen) atoms. The highest BCUT2D eigenvalue weighted by Gasteiger charge is 2.44. The summed E-state index contributed by atoms with van der Waals surface area (Å²) in [6.45, 7) is 1.59. The van der Waals surface area contributed by atoms with Gasteiger partial charge >= 0.3 is 0 Å². The monoisotopic (exact) mass is 266 g/mol. The van der Waals surface area contributed by atoms with E-state index in [1.165, 1.54) is 0 Å². The molecule has 2 aliphatic rings. The Morgan fingerprint density at radius 3 is 2.74 bits per heavy atom. The molecule has 2 rings (SSSR count). The molecule has 2 saturated heterocycles. The predicted octanol–water partition coefficient (Wildman–Crippen LogP) is 1.07. The van der Waals surface area contributed by atoms with Crippen LogP contribution in [0.4, 0.5) is 0 Å². The standard InChI is InChI=1S/C14H22N2O3/c15-11-14(5-8-19-9-6-14)13(18)16-7-3-1-2-4-12(16)10-17/h12,17H,1-10H2. The largest absolute Gasteiger partial charge is 0.394 e. The Labute approximate surface area is 114 Å². The van der Waals surface area contributed by atoms with Crippen molar-refractivity contribution in [3.63, 3.8) is 0 Å². The quantitative estimate of drug-likeness (QED) is 0.811. The molecule has 0 aromatic rings. The molecule has 0 spiro atoms. The third-order valence-electron chi connectivity index (χ3n) is 4.32. The number of hydrogen-bond acceptors (Lipinski definition) is 4. The molecule has 0 aromatic carbocycles. The van der Waals surface area contributed by atoms with Gasteiger partial charge in [0.05, 0.1) is 18.7 Å². The zero-order valence-electron chi connectivity index (χ0n) is 11.3. The molecule has 2 aliphatic heterocycles. The van der Waals surface area contributed by atoms with Gasteiger partial charge in [-0.2, -0.15) is 5.26 Å². The molecule has 1 N–H and O–H groups in total. The maximum absolute atomic E-state index is 12.8. The van der Waals surface area contributed by atoms with E-state index in [1.807, 2.05) is 0 Å². The number of carbonyl (C=O) groups is 1. The van der Waals surface area contributed by atoms with Crippen LogP contribution in [0.15, 0.2) is 0 Å². The summed E-state index contributed by atoms with van der Waals surface area (Å²) >= 11 is 0. The molecule has 1 unspecified atom stereocenters. The average molecular weight is 266 g/mol.